The first-order chi connectivity index (χ1) is 19.4. The van der Waals surface area contributed by atoms with E-state index in [1.807, 2.05) is 61.9 Å². The molecule has 40 heavy (non-hydrogen) atoms. The van der Waals surface area contributed by atoms with Gasteiger partial charge in [-0.3, -0.25) is 4.79 Å². The fourth-order valence-electron chi connectivity index (χ4n) is 4.55. The Morgan fingerprint density at radius 2 is 1.25 bits per heavy atom. The van der Waals surface area contributed by atoms with Crippen molar-refractivity contribution in [2.75, 3.05) is 71.3 Å². The average molecular weight is 596 g/mol. The highest BCUT2D eigenvalue weighted by atomic mass is 32.2. The van der Waals surface area contributed by atoms with Crippen LogP contribution in [-0.2, 0) is 11.2 Å². The van der Waals surface area contributed by atoms with E-state index in [4.69, 9.17) is 4.74 Å². The molecule has 0 saturated heterocycles. The number of ether oxygens (including phenoxy) is 1. The van der Waals surface area contributed by atoms with Crippen molar-refractivity contribution in [3.8, 4) is 5.75 Å². The van der Waals surface area contributed by atoms with Crippen LogP contribution in [0.25, 0.3) is 0 Å². The predicted octanol–water partition coefficient (Wildman–Crippen LogP) is 7.46. The summed E-state index contributed by atoms with van der Waals surface area (Å²) in [6.07, 6.45) is 18.1. The third-order valence-corrected chi connectivity index (χ3v) is 8.44. The highest BCUT2D eigenvalue weighted by molar-refractivity contribution is 7.98. The number of aryl methyl sites for hydroxylation is 1. The van der Waals surface area contributed by atoms with Crippen LogP contribution in [0.4, 0.5) is 4.79 Å². The average Bonchev–Trinajstić information content (AvgIpc) is 2.94. The molecule has 6 nitrogen and oxygen atoms in total. The first kappa shape index (κ1) is 36.6. The maximum absolute atomic E-state index is 13.1. The number of hydrogen-bond donors (Lipinski definition) is 0. The molecule has 0 bridgehead atoms. The van der Waals surface area contributed by atoms with Crippen LogP contribution in [-0.4, -0.2) is 98.0 Å². The van der Waals surface area contributed by atoms with Crippen molar-refractivity contribution in [2.24, 2.45) is 0 Å². The van der Waals surface area contributed by atoms with Crippen LogP contribution in [0, 0.1) is 0 Å². The fourth-order valence-corrected chi connectivity index (χ4v) is 5.53. The molecule has 230 valence electrons. The molecule has 0 fully saturated rings. The Morgan fingerprint density at radius 3 is 1.80 bits per heavy atom. The van der Waals surface area contributed by atoms with Crippen molar-refractivity contribution in [3.05, 3.63) is 29.8 Å². The Balaban J connectivity index is 2.38. The number of unbranched alkanes of at least 4 members (excludes halogenated alkanes) is 7. The summed E-state index contributed by atoms with van der Waals surface area (Å²) in [6.45, 7) is 3.43. The summed E-state index contributed by atoms with van der Waals surface area (Å²) in [4.78, 5) is 31.2. The van der Waals surface area contributed by atoms with Crippen molar-refractivity contribution < 1.29 is 14.3 Å². The van der Waals surface area contributed by atoms with Gasteiger partial charge in [-0.2, -0.15) is 23.5 Å². The lowest BCUT2D eigenvalue weighted by atomic mass is 10.1. The fraction of sp³-hybridized carbons (Fsp3) is 0.750. The van der Waals surface area contributed by atoms with Gasteiger partial charge in [-0.05, 0) is 114 Å². The van der Waals surface area contributed by atoms with E-state index < -0.39 is 0 Å². The molecule has 0 aliphatic carbocycles. The van der Waals surface area contributed by atoms with Gasteiger partial charge < -0.3 is 19.4 Å². The highest BCUT2D eigenvalue weighted by Crippen LogP contribution is 2.16. The van der Waals surface area contributed by atoms with E-state index in [1.165, 1.54) is 55.6 Å². The minimum absolute atomic E-state index is 0.324. The first-order valence-corrected chi connectivity index (χ1v) is 18.1. The summed E-state index contributed by atoms with van der Waals surface area (Å²) in [5, 5.41) is 0. The highest BCUT2D eigenvalue weighted by Gasteiger charge is 2.13. The zero-order valence-corrected chi connectivity index (χ0v) is 27.8. The SMILES string of the molecule is CSCCCCCCN(CCCCCCSC)C(=O)CCCCc1ccc(OC(=O)N(C)CCCN(C)C)cc1. The van der Waals surface area contributed by atoms with E-state index in [9.17, 15) is 9.59 Å². The van der Waals surface area contributed by atoms with Gasteiger partial charge in [0.1, 0.15) is 5.75 Å². The van der Waals surface area contributed by atoms with Gasteiger partial charge in [0.2, 0.25) is 5.91 Å². The molecule has 0 N–H and O–H groups in total. The molecule has 1 aromatic rings. The van der Waals surface area contributed by atoms with E-state index >= 15 is 0 Å². The van der Waals surface area contributed by atoms with Gasteiger partial charge in [0.15, 0.2) is 0 Å². The molecule has 0 atom stereocenters. The molecule has 2 amide bonds. The minimum atomic E-state index is -0.325. The van der Waals surface area contributed by atoms with Crippen molar-refractivity contribution >= 4 is 35.5 Å². The molecule has 0 spiro atoms. The van der Waals surface area contributed by atoms with Crippen LogP contribution in [0.3, 0.4) is 0 Å². The number of hydrogen-bond acceptors (Lipinski definition) is 6. The standard InChI is InChI=1S/C32H57N3O3S2/c1-33(2)23-16-24-34(3)32(37)38-30-21-19-29(20-22-30)17-10-11-18-31(36)35(25-12-6-8-14-27-39-4)26-13-7-9-15-28-40-5/h19-22H,6-18,23-28H2,1-5H3. The minimum Gasteiger partial charge on any atom is -0.410 e. The molecule has 0 heterocycles. The van der Waals surface area contributed by atoms with Crippen LogP contribution >= 0.6 is 23.5 Å². The van der Waals surface area contributed by atoms with Crippen molar-refractivity contribution in [3.63, 3.8) is 0 Å². The monoisotopic (exact) mass is 595 g/mol. The third-order valence-electron chi connectivity index (χ3n) is 7.05. The summed E-state index contributed by atoms with van der Waals surface area (Å²) < 4.78 is 5.51. The molecule has 1 rings (SSSR count). The van der Waals surface area contributed by atoms with Gasteiger partial charge in [0.05, 0.1) is 0 Å². The molecule has 0 aliphatic rings. The van der Waals surface area contributed by atoms with Crippen LogP contribution in [0.5, 0.6) is 5.75 Å². The normalized spacial score (nSPS) is 11.2. The van der Waals surface area contributed by atoms with E-state index in [0.29, 0.717) is 24.6 Å². The van der Waals surface area contributed by atoms with Crippen LogP contribution in [0.15, 0.2) is 24.3 Å². The Labute approximate surface area is 254 Å². The van der Waals surface area contributed by atoms with E-state index in [2.05, 4.69) is 22.3 Å². The summed E-state index contributed by atoms with van der Waals surface area (Å²) in [6, 6.07) is 7.78. The Bertz CT molecular complexity index is 761. The van der Waals surface area contributed by atoms with Gasteiger partial charge in [0, 0.05) is 33.1 Å². The van der Waals surface area contributed by atoms with Gasteiger partial charge in [0.25, 0.3) is 0 Å². The van der Waals surface area contributed by atoms with Gasteiger partial charge >= 0.3 is 6.09 Å². The summed E-state index contributed by atoms with van der Waals surface area (Å²) >= 11 is 3.83. The Hall–Kier alpha value is -1.38. The largest absolute Gasteiger partial charge is 0.414 e. The van der Waals surface area contributed by atoms with E-state index in [-0.39, 0.29) is 6.09 Å². The molecular formula is C32H57N3O3S2. The number of amides is 2. The smallest absolute Gasteiger partial charge is 0.410 e. The second-order valence-corrected chi connectivity index (χ2v) is 13.0. The third kappa shape index (κ3) is 18.9. The summed E-state index contributed by atoms with van der Waals surface area (Å²) in [5.41, 5.74) is 1.21. The number of thioether (sulfide) groups is 2. The van der Waals surface area contributed by atoms with Crippen LogP contribution < -0.4 is 4.74 Å². The quantitative estimate of drug-likeness (QED) is 0.116. The van der Waals surface area contributed by atoms with Crippen molar-refractivity contribution in [1.82, 2.24) is 14.7 Å². The number of benzene rings is 1. The molecule has 1 aromatic carbocycles. The molecule has 8 heteroatoms. The molecule has 0 unspecified atom stereocenters. The maximum atomic E-state index is 13.1. The number of carbonyl (C=O) groups excluding carboxylic acids is 2. The lowest BCUT2D eigenvalue weighted by Crippen LogP contribution is -2.32. The maximum Gasteiger partial charge on any atom is 0.414 e. The van der Waals surface area contributed by atoms with Crippen LogP contribution in [0.1, 0.15) is 82.6 Å². The Morgan fingerprint density at radius 1 is 0.675 bits per heavy atom. The molecule has 0 radical (unpaired) electrons. The number of nitrogens with zero attached hydrogens (tertiary/aromatic N) is 3. The summed E-state index contributed by atoms with van der Waals surface area (Å²) in [5.74, 6) is 3.37. The zero-order valence-electron chi connectivity index (χ0n) is 26.1. The summed E-state index contributed by atoms with van der Waals surface area (Å²) in [7, 11) is 5.83. The van der Waals surface area contributed by atoms with Gasteiger partial charge in [-0.1, -0.05) is 37.8 Å². The topological polar surface area (TPSA) is 53.1 Å². The second-order valence-electron chi connectivity index (χ2n) is 11.0. The molecule has 0 saturated carbocycles. The lowest BCUT2D eigenvalue weighted by Gasteiger charge is -2.23. The van der Waals surface area contributed by atoms with E-state index in [1.54, 1.807) is 11.9 Å². The number of rotatable bonds is 24. The predicted molar refractivity (Wildman–Crippen MR) is 176 cm³/mol. The molecule has 0 aliphatic heterocycles. The van der Waals surface area contributed by atoms with Crippen molar-refractivity contribution in [2.45, 2.75) is 83.5 Å². The molecular weight excluding hydrogens is 539 g/mol. The number of carbonyl (C=O) groups is 2. The Kier molecular flexibility index (Phi) is 22.2. The van der Waals surface area contributed by atoms with Gasteiger partial charge in [-0.25, -0.2) is 4.79 Å². The van der Waals surface area contributed by atoms with E-state index in [0.717, 1.165) is 58.2 Å². The lowest BCUT2D eigenvalue weighted by molar-refractivity contribution is -0.131. The zero-order chi connectivity index (χ0) is 29.4. The van der Waals surface area contributed by atoms with Crippen LogP contribution in [0.2, 0.25) is 0 Å². The first-order valence-electron chi connectivity index (χ1n) is 15.3. The second kappa shape index (κ2) is 24.2. The molecule has 0 aromatic heterocycles. The van der Waals surface area contributed by atoms with Gasteiger partial charge in [-0.15, -0.1) is 0 Å². The van der Waals surface area contributed by atoms with Crippen molar-refractivity contribution in [1.29, 1.82) is 0 Å².